The Morgan fingerprint density at radius 1 is 1.13 bits per heavy atom. The van der Waals surface area contributed by atoms with Gasteiger partial charge in [0, 0.05) is 17.1 Å². The molecule has 9 heteroatoms. The molecular formula is C21H20Cl2N4O2S. The van der Waals surface area contributed by atoms with E-state index in [0.29, 0.717) is 33.7 Å². The number of Topliss-reactive ketones (excluding diaryl/α,β-unsaturated/α-hetero) is 1. The van der Waals surface area contributed by atoms with Gasteiger partial charge in [0.25, 0.3) is 5.91 Å². The Hall–Kier alpha value is -2.35. The first-order chi connectivity index (χ1) is 14.4. The van der Waals surface area contributed by atoms with Crippen LogP contribution < -0.4 is 5.32 Å². The summed E-state index contributed by atoms with van der Waals surface area (Å²) >= 11 is 13.3. The van der Waals surface area contributed by atoms with Crippen molar-refractivity contribution in [2.75, 3.05) is 5.75 Å². The topological polar surface area (TPSA) is 76.9 Å². The molecule has 0 bridgehead atoms. The number of hydrogen-bond donors (Lipinski definition) is 1. The normalized spacial score (nSPS) is 11.9. The molecule has 0 fully saturated rings. The van der Waals surface area contributed by atoms with Crippen LogP contribution in [0.2, 0.25) is 10.0 Å². The van der Waals surface area contributed by atoms with Gasteiger partial charge in [-0.05, 0) is 32.0 Å². The number of benzene rings is 2. The van der Waals surface area contributed by atoms with Crippen molar-refractivity contribution >= 4 is 46.7 Å². The van der Waals surface area contributed by atoms with Gasteiger partial charge in [-0.15, -0.1) is 10.2 Å². The molecule has 0 aliphatic rings. The molecule has 1 heterocycles. The Morgan fingerprint density at radius 2 is 1.87 bits per heavy atom. The first kappa shape index (κ1) is 22.3. The van der Waals surface area contributed by atoms with E-state index in [1.54, 1.807) is 24.3 Å². The second-order valence-corrected chi connectivity index (χ2v) is 8.27. The lowest BCUT2D eigenvalue weighted by Gasteiger charge is -2.15. The predicted octanol–water partition coefficient (Wildman–Crippen LogP) is 5.07. The van der Waals surface area contributed by atoms with Crippen LogP contribution in [-0.2, 0) is 6.54 Å². The average molecular weight is 463 g/mol. The van der Waals surface area contributed by atoms with E-state index in [9.17, 15) is 9.59 Å². The second-order valence-electron chi connectivity index (χ2n) is 6.48. The fourth-order valence-corrected chi connectivity index (χ4v) is 4.27. The SMILES string of the molecule is CCn1c(SCC(=O)c2ccccc2)nnc1[C@H](C)NC(=O)c1ccc(Cl)cc1Cl. The molecule has 0 aliphatic carbocycles. The van der Waals surface area contributed by atoms with E-state index in [2.05, 4.69) is 15.5 Å². The molecular weight excluding hydrogens is 443 g/mol. The maximum atomic E-state index is 12.6. The van der Waals surface area contributed by atoms with Crippen LogP contribution in [0.25, 0.3) is 0 Å². The Morgan fingerprint density at radius 3 is 2.53 bits per heavy atom. The molecule has 0 radical (unpaired) electrons. The van der Waals surface area contributed by atoms with Crippen LogP contribution in [0.5, 0.6) is 0 Å². The zero-order chi connectivity index (χ0) is 21.7. The summed E-state index contributed by atoms with van der Waals surface area (Å²) in [5.74, 6) is 0.545. The number of thioether (sulfide) groups is 1. The highest BCUT2D eigenvalue weighted by molar-refractivity contribution is 7.99. The number of aromatic nitrogens is 3. The highest BCUT2D eigenvalue weighted by Gasteiger charge is 2.21. The largest absolute Gasteiger partial charge is 0.342 e. The minimum Gasteiger partial charge on any atom is -0.342 e. The molecule has 0 aliphatic heterocycles. The molecule has 3 aromatic rings. The van der Waals surface area contributed by atoms with Crippen molar-refractivity contribution in [3.63, 3.8) is 0 Å². The first-order valence-corrected chi connectivity index (χ1v) is 11.0. The van der Waals surface area contributed by atoms with Crippen LogP contribution in [0, 0.1) is 0 Å². The third kappa shape index (κ3) is 5.22. The highest BCUT2D eigenvalue weighted by atomic mass is 35.5. The zero-order valence-electron chi connectivity index (χ0n) is 16.4. The maximum Gasteiger partial charge on any atom is 0.253 e. The van der Waals surface area contributed by atoms with E-state index in [-0.39, 0.29) is 22.5 Å². The molecule has 1 N–H and O–H groups in total. The number of nitrogens with zero attached hydrogens (tertiary/aromatic N) is 3. The van der Waals surface area contributed by atoms with Crippen molar-refractivity contribution in [2.45, 2.75) is 31.6 Å². The van der Waals surface area contributed by atoms with Gasteiger partial charge in [-0.2, -0.15) is 0 Å². The van der Waals surface area contributed by atoms with Crippen LogP contribution in [0.4, 0.5) is 0 Å². The van der Waals surface area contributed by atoms with Crippen LogP contribution >= 0.6 is 35.0 Å². The third-order valence-corrected chi connectivity index (χ3v) is 5.92. The standard InChI is InChI=1S/C21H20Cl2N4O2S/c1-3-27-19(13(2)24-20(29)16-10-9-15(22)11-17(16)23)25-26-21(27)30-12-18(28)14-7-5-4-6-8-14/h4-11,13H,3,12H2,1-2H3,(H,24,29)/t13-/m0/s1. The lowest BCUT2D eigenvalue weighted by molar-refractivity contribution is 0.0937. The van der Waals surface area contributed by atoms with Crippen LogP contribution in [0.15, 0.2) is 53.7 Å². The second kappa shape index (κ2) is 10.1. The van der Waals surface area contributed by atoms with Crippen molar-refractivity contribution in [1.82, 2.24) is 20.1 Å². The van der Waals surface area contributed by atoms with Gasteiger partial charge >= 0.3 is 0 Å². The molecule has 0 spiro atoms. The predicted molar refractivity (Wildman–Crippen MR) is 120 cm³/mol. The fraction of sp³-hybridized carbons (Fsp3) is 0.238. The molecule has 0 saturated heterocycles. The number of ketones is 1. The van der Waals surface area contributed by atoms with Gasteiger partial charge in [0.1, 0.15) is 0 Å². The Balaban J connectivity index is 1.69. The Labute approximate surface area is 189 Å². The number of carbonyl (C=O) groups excluding carboxylic acids is 2. The van der Waals surface area contributed by atoms with Crippen molar-refractivity contribution in [3.05, 3.63) is 75.5 Å². The van der Waals surface area contributed by atoms with Gasteiger partial charge in [0.15, 0.2) is 16.8 Å². The molecule has 6 nitrogen and oxygen atoms in total. The van der Waals surface area contributed by atoms with Gasteiger partial charge in [0.2, 0.25) is 0 Å². The fourth-order valence-electron chi connectivity index (χ4n) is 2.87. The zero-order valence-corrected chi connectivity index (χ0v) is 18.8. The van der Waals surface area contributed by atoms with E-state index >= 15 is 0 Å². The number of hydrogen-bond acceptors (Lipinski definition) is 5. The summed E-state index contributed by atoms with van der Waals surface area (Å²) in [6.45, 7) is 4.38. The first-order valence-electron chi connectivity index (χ1n) is 9.30. The number of amides is 1. The Kier molecular flexibility index (Phi) is 7.53. The monoisotopic (exact) mass is 462 g/mol. The average Bonchev–Trinajstić information content (AvgIpc) is 3.15. The minimum absolute atomic E-state index is 0.0199. The van der Waals surface area contributed by atoms with E-state index < -0.39 is 6.04 Å². The van der Waals surface area contributed by atoms with Crippen molar-refractivity contribution in [1.29, 1.82) is 0 Å². The number of rotatable bonds is 8. The third-order valence-electron chi connectivity index (χ3n) is 4.40. The van der Waals surface area contributed by atoms with Crippen LogP contribution in [-0.4, -0.2) is 32.2 Å². The smallest absolute Gasteiger partial charge is 0.253 e. The lowest BCUT2D eigenvalue weighted by Crippen LogP contribution is -2.29. The molecule has 0 saturated carbocycles. The molecule has 156 valence electrons. The molecule has 3 rings (SSSR count). The summed E-state index contributed by atoms with van der Waals surface area (Å²) in [6.07, 6.45) is 0. The number of carbonyl (C=O) groups is 2. The summed E-state index contributed by atoms with van der Waals surface area (Å²) in [5.41, 5.74) is 0.992. The van der Waals surface area contributed by atoms with Crippen LogP contribution in [0.3, 0.4) is 0 Å². The van der Waals surface area contributed by atoms with Crippen molar-refractivity contribution in [2.24, 2.45) is 0 Å². The van der Waals surface area contributed by atoms with Gasteiger partial charge < -0.3 is 9.88 Å². The van der Waals surface area contributed by atoms with Crippen molar-refractivity contribution < 1.29 is 9.59 Å². The summed E-state index contributed by atoms with van der Waals surface area (Å²) < 4.78 is 1.89. The maximum absolute atomic E-state index is 12.6. The Bertz CT molecular complexity index is 1060. The molecule has 1 aromatic heterocycles. The summed E-state index contributed by atoms with van der Waals surface area (Å²) in [6, 6.07) is 13.4. The van der Waals surface area contributed by atoms with Crippen LogP contribution in [0.1, 0.15) is 46.4 Å². The van der Waals surface area contributed by atoms with E-state index in [1.165, 1.54) is 17.8 Å². The van der Waals surface area contributed by atoms with E-state index in [1.807, 2.05) is 36.6 Å². The molecule has 30 heavy (non-hydrogen) atoms. The minimum atomic E-state index is -0.407. The molecule has 1 amide bonds. The molecule has 2 aromatic carbocycles. The summed E-state index contributed by atoms with van der Waals surface area (Å²) in [4.78, 5) is 25.0. The highest BCUT2D eigenvalue weighted by Crippen LogP contribution is 2.24. The van der Waals surface area contributed by atoms with Gasteiger partial charge in [-0.3, -0.25) is 9.59 Å². The van der Waals surface area contributed by atoms with Gasteiger partial charge in [-0.25, -0.2) is 0 Å². The van der Waals surface area contributed by atoms with Gasteiger partial charge in [-0.1, -0.05) is 65.3 Å². The molecule has 1 atom stereocenters. The number of halogens is 2. The number of nitrogens with one attached hydrogen (secondary N) is 1. The van der Waals surface area contributed by atoms with E-state index in [4.69, 9.17) is 23.2 Å². The quantitative estimate of drug-likeness (QED) is 0.373. The molecule has 0 unspecified atom stereocenters. The van der Waals surface area contributed by atoms with Gasteiger partial charge in [0.05, 0.1) is 22.4 Å². The summed E-state index contributed by atoms with van der Waals surface area (Å²) in [5, 5.41) is 12.7. The van der Waals surface area contributed by atoms with Crippen molar-refractivity contribution in [3.8, 4) is 0 Å². The van der Waals surface area contributed by atoms with E-state index in [0.717, 1.165) is 0 Å². The lowest BCUT2D eigenvalue weighted by atomic mass is 10.2. The summed E-state index contributed by atoms with van der Waals surface area (Å²) in [7, 11) is 0.